The van der Waals surface area contributed by atoms with Gasteiger partial charge >= 0.3 is 5.97 Å². The van der Waals surface area contributed by atoms with Crippen molar-refractivity contribution in [3.05, 3.63) is 35.4 Å². The van der Waals surface area contributed by atoms with Crippen LogP contribution in [0.3, 0.4) is 0 Å². The van der Waals surface area contributed by atoms with Gasteiger partial charge in [-0.3, -0.25) is 4.79 Å². The third-order valence-electron chi connectivity index (χ3n) is 3.51. The molecule has 0 amide bonds. The molecule has 3 nitrogen and oxygen atoms in total. The number of rotatable bonds is 4. The van der Waals surface area contributed by atoms with E-state index in [9.17, 15) is 13.6 Å². The number of carbonyl (C=O) groups is 1. The molecule has 1 aromatic carbocycles. The van der Waals surface area contributed by atoms with Crippen molar-refractivity contribution in [2.24, 2.45) is 5.92 Å². The number of hydrogen-bond donors (Lipinski definition) is 1. The van der Waals surface area contributed by atoms with Gasteiger partial charge in [0.05, 0.1) is 18.6 Å². The number of halogens is 2. The number of aliphatic carboxylic acids is 1. The molecule has 104 valence electrons. The number of benzene rings is 1. The van der Waals surface area contributed by atoms with Gasteiger partial charge in [0.1, 0.15) is 11.6 Å². The Balaban J connectivity index is 1.82. The van der Waals surface area contributed by atoms with Crippen LogP contribution in [-0.2, 0) is 16.1 Å². The van der Waals surface area contributed by atoms with Crippen molar-refractivity contribution >= 4 is 5.97 Å². The van der Waals surface area contributed by atoms with Gasteiger partial charge in [-0.1, -0.05) is 6.07 Å². The molecule has 0 aromatic heterocycles. The SMILES string of the molecule is O=C(O)C1CCC(OCc2ccc(F)cc2F)CC1. The molecule has 0 saturated heterocycles. The van der Waals surface area contributed by atoms with Crippen LogP contribution >= 0.6 is 0 Å². The fourth-order valence-electron chi connectivity index (χ4n) is 2.32. The fourth-order valence-corrected chi connectivity index (χ4v) is 2.32. The molecular formula is C14H16F2O3. The number of hydrogen-bond acceptors (Lipinski definition) is 2. The van der Waals surface area contributed by atoms with E-state index in [4.69, 9.17) is 9.84 Å². The van der Waals surface area contributed by atoms with E-state index >= 15 is 0 Å². The first-order valence-electron chi connectivity index (χ1n) is 6.34. The summed E-state index contributed by atoms with van der Waals surface area (Å²) in [4.78, 5) is 10.8. The third kappa shape index (κ3) is 3.73. The Morgan fingerprint density at radius 3 is 2.53 bits per heavy atom. The van der Waals surface area contributed by atoms with E-state index in [1.165, 1.54) is 12.1 Å². The summed E-state index contributed by atoms with van der Waals surface area (Å²) in [5.41, 5.74) is 0.321. The summed E-state index contributed by atoms with van der Waals surface area (Å²) in [7, 11) is 0. The monoisotopic (exact) mass is 270 g/mol. The molecule has 1 aliphatic carbocycles. The Morgan fingerprint density at radius 2 is 1.95 bits per heavy atom. The number of ether oxygens (including phenoxy) is 1. The molecule has 0 radical (unpaired) electrons. The molecule has 19 heavy (non-hydrogen) atoms. The second kappa shape index (κ2) is 6.10. The second-order valence-corrected chi connectivity index (χ2v) is 4.86. The number of carboxylic acids is 1. The van der Waals surface area contributed by atoms with Gasteiger partial charge < -0.3 is 9.84 Å². The van der Waals surface area contributed by atoms with Gasteiger partial charge in [0.15, 0.2) is 0 Å². The largest absolute Gasteiger partial charge is 0.481 e. The summed E-state index contributed by atoms with van der Waals surface area (Å²) in [5.74, 6) is -2.27. The summed E-state index contributed by atoms with van der Waals surface area (Å²) in [6.07, 6.45) is 2.47. The molecule has 1 N–H and O–H groups in total. The molecule has 1 aromatic rings. The Labute approximate surface area is 110 Å². The summed E-state index contributed by atoms with van der Waals surface area (Å²) in [5, 5.41) is 8.87. The molecule has 0 heterocycles. The molecule has 0 spiro atoms. The zero-order chi connectivity index (χ0) is 13.8. The molecule has 1 saturated carbocycles. The van der Waals surface area contributed by atoms with Gasteiger partial charge in [0, 0.05) is 11.6 Å². The van der Waals surface area contributed by atoms with Crippen molar-refractivity contribution in [3.63, 3.8) is 0 Å². The van der Waals surface area contributed by atoms with Crippen molar-refractivity contribution in [2.45, 2.75) is 38.4 Å². The van der Waals surface area contributed by atoms with Crippen LogP contribution in [0.15, 0.2) is 18.2 Å². The van der Waals surface area contributed by atoms with Gasteiger partial charge in [-0.05, 0) is 31.7 Å². The standard InChI is InChI=1S/C14H16F2O3/c15-11-4-1-10(13(16)7-11)8-19-12-5-2-9(3-6-12)14(17)18/h1,4,7,9,12H,2-3,5-6,8H2,(H,17,18). The average molecular weight is 270 g/mol. The van der Waals surface area contributed by atoms with Gasteiger partial charge in [-0.15, -0.1) is 0 Å². The maximum absolute atomic E-state index is 13.4. The minimum absolute atomic E-state index is 0.0416. The highest BCUT2D eigenvalue weighted by atomic mass is 19.1. The van der Waals surface area contributed by atoms with Crippen LogP contribution < -0.4 is 0 Å². The van der Waals surface area contributed by atoms with E-state index in [1.807, 2.05) is 0 Å². The van der Waals surface area contributed by atoms with Gasteiger partial charge in [0.25, 0.3) is 0 Å². The van der Waals surface area contributed by atoms with Crippen LogP contribution in [0, 0.1) is 17.6 Å². The first-order valence-corrected chi connectivity index (χ1v) is 6.34. The zero-order valence-corrected chi connectivity index (χ0v) is 10.4. The normalized spacial score (nSPS) is 23.3. The van der Waals surface area contributed by atoms with E-state index in [0.717, 1.165) is 6.07 Å². The van der Waals surface area contributed by atoms with Crippen molar-refractivity contribution in [1.82, 2.24) is 0 Å². The first kappa shape index (κ1) is 13.9. The minimum atomic E-state index is -0.761. The Morgan fingerprint density at radius 1 is 1.26 bits per heavy atom. The summed E-state index contributed by atoms with van der Waals surface area (Å²) in [6.45, 7) is 0.0918. The lowest BCUT2D eigenvalue weighted by atomic mass is 9.87. The van der Waals surface area contributed by atoms with Crippen LogP contribution in [0.25, 0.3) is 0 Å². The van der Waals surface area contributed by atoms with E-state index < -0.39 is 17.6 Å². The van der Waals surface area contributed by atoms with E-state index in [0.29, 0.717) is 31.2 Å². The van der Waals surface area contributed by atoms with Crippen molar-refractivity contribution in [1.29, 1.82) is 0 Å². The molecule has 0 bridgehead atoms. The third-order valence-corrected chi connectivity index (χ3v) is 3.51. The predicted molar refractivity (Wildman–Crippen MR) is 64.5 cm³/mol. The Hall–Kier alpha value is -1.49. The molecule has 1 aliphatic rings. The lowest BCUT2D eigenvalue weighted by Crippen LogP contribution is -2.26. The molecule has 0 aliphatic heterocycles. The van der Waals surface area contributed by atoms with Crippen molar-refractivity contribution in [3.8, 4) is 0 Å². The van der Waals surface area contributed by atoms with Crippen molar-refractivity contribution in [2.75, 3.05) is 0 Å². The molecule has 0 atom stereocenters. The zero-order valence-electron chi connectivity index (χ0n) is 10.4. The lowest BCUT2D eigenvalue weighted by molar-refractivity contribution is -0.143. The van der Waals surface area contributed by atoms with Crippen LogP contribution in [0.4, 0.5) is 8.78 Å². The smallest absolute Gasteiger partial charge is 0.306 e. The summed E-state index contributed by atoms with van der Waals surface area (Å²) >= 11 is 0. The maximum atomic E-state index is 13.4. The topological polar surface area (TPSA) is 46.5 Å². The average Bonchev–Trinajstić information content (AvgIpc) is 2.38. The van der Waals surface area contributed by atoms with Crippen molar-refractivity contribution < 1.29 is 23.4 Å². The molecule has 5 heteroatoms. The number of carboxylic acid groups (broad SMARTS) is 1. The van der Waals surface area contributed by atoms with E-state index in [1.54, 1.807) is 0 Å². The fraction of sp³-hybridized carbons (Fsp3) is 0.500. The van der Waals surface area contributed by atoms with E-state index in [2.05, 4.69) is 0 Å². The van der Waals surface area contributed by atoms with E-state index in [-0.39, 0.29) is 18.6 Å². The summed E-state index contributed by atoms with van der Waals surface area (Å²) < 4.78 is 31.7. The predicted octanol–water partition coefficient (Wildman–Crippen LogP) is 3.12. The van der Waals surface area contributed by atoms with Gasteiger partial charge in [-0.2, -0.15) is 0 Å². The van der Waals surface area contributed by atoms with Crippen LogP contribution in [0.1, 0.15) is 31.2 Å². The van der Waals surface area contributed by atoms with Crippen LogP contribution in [-0.4, -0.2) is 17.2 Å². The van der Waals surface area contributed by atoms with Gasteiger partial charge in [-0.25, -0.2) is 8.78 Å². The van der Waals surface area contributed by atoms with Gasteiger partial charge in [0.2, 0.25) is 0 Å². The Kier molecular flexibility index (Phi) is 4.47. The first-order chi connectivity index (χ1) is 9.06. The molecule has 0 unspecified atom stereocenters. The highest BCUT2D eigenvalue weighted by molar-refractivity contribution is 5.70. The van der Waals surface area contributed by atoms with Crippen LogP contribution in [0.2, 0.25) is 0 Å². The molecular weight excluding hydrogens is 254 g/mol. The lowest BCUT2D eigenvalue weighted by Gasteiger charge is -2.26. The summed E-state index contributed by atoms with van der Waals surface area (Å²) in [6, 6.07) is 3.40. The Bertz CT molecular complexity index is 454. The minimum Gasteiger partial charge on any atom is -0.481 e. The highest BCUT2D eigenvalue weighted by Gasteiger charge is 2.26. The maximum Gasteiger partial charge on any atom is 0.306 e. The quantitative estimate of drug-likeness (QED) is 0.914. The van der Waals surface area contributed by atoms with Crippen LogP contribution in [0.5, 0.6) is 0 Å². The second-order valence-electron chi connectivity index (χ2n) is 4.86. The molecule has 2 rings (SSSR count). The molecule has 1 fully saturated rings. The highest BCUT2D eigenvalue weighted by Crippen LogP contribution is 2.27.